The fourth-order valence-electron chi connectivity index (χ4n) is 4.32. The molecule has 3 aliphatic rings. The van der Waals surface area contributed by atoms with Crippen LogP contribution < -0.4 is 4.74 Å². The molecule has 2 heterocycles. The molecule has 1 spiro atoms. The Hall–Kier alpha value is -1.36. The standard InChI is InChI=1S/C18H23NO3S/c1-12-10-19(11-13(2)23(12)21)17(20)15-9-18(15)7-8-22-16-6-4-3-5-14(16)18/h3-6,12-13,15H,7-11H2,1-2H3/t12-,13-,15+,18+/m1/s1. The van der Waals surface area contributed by atoms with Crippen LogP contribution in [0.3, 0.4) is 0 Å². The van der Waals surface area contributed by atoms with Crippen molar-refractivity contribution >= 4 is 16.7 Å². The van der Waals surface area contributed by atoms with E-state index in [1.807, 2.05) is 36.9 Å². The Bertz CT molecular complexity index is 662. The van der Waals surface area contributed by atoms with E-state index in [1.54, 1.807) is 0 Å². The SMILES string of the molecule is C[C@@H]1CN(C(=O)[C@@H]2C[C@]23CCOc2ccccc23)C[C@@H](C)S1=O. The van der Waals surface area contributed by atoms with E-state index in [0.29, 0.717) is 19.7 Å². The Kier molecular flexibility index (Phi) is 3.52. The Morgan fingerprint density at radius 1 is 1.26 bits per heavy atom. The van der Waals surface area contributed by atoms with E-state index >= 15 is 0 Å². The molecule has 2 fully saturated rings. The van der Waals surface area contributed by atoms with E-state index in [9.17, 15) is 9.00 Å². The van der Waals surface area contributed by atoms with Crippen LogP contribution in [0.1, 0.15) is 32.3 Å². The fraction of sp³-hybridized carbons (Fsp3) is 0.611. The van der Waals surface area contributed by atoms with Crippen LogP contribution in [-0.4, -0.2) is 45.2 Å². The zero-order valence-electron chi connectivity index (χ0n) is 13.7. The molecule has 23 heavy (non-hydrogen) atoms. The normalized spacial score (nSPS) is 36.4. The van der Waals surface area contributed by atoms with E-state index in [-0.39, 0.29) is 27.7 Å². The van der Waals surface area contributed by atoms with Gasteiger partial charge in [-0.2, -0.15) is 0 Å². The molecule has 4 nitrogen and oxygen atoms in total. The van der Waals surface area contributed by atoms with Crippen LogP contribution in [0.4, 0.5) is 0 Å². The van der Waals surface area contributed by atoms with Gasteiger partial charge < -0.3 is 9.64 Å². The van der Waals surface area contributed by atoms with Gasteiger partial charge in [-0.05, 0) is 32.8 Å². The number of para-hydroxylation sites is 1. The highest BCUT2D eigenvalue weighted by atomic mass is 32.2. The average molecular weight is 333 g/mol. The van der Waals surface area contributed by atoms with Crippen molar-refractivity contribution in [3.05, 3.63) is 29.8 Å². The van der Waals surface area contributed by atoms with E-state index in [4.69, 9.17) is 4.74 Å². The fourth-order valence-corrected chi connectivity index (χ4v) is 5.77. The first kappa shape index (κ1) is 15.2. The third-order valence-corrected chi connectivity index (χ3v) is 7.55. The molecular formula is C18H23NO3S. The smallest absolute Gasteiger partial charge is 0.226 e. The second-order valence-corrected chi connectivity index (χ2v) is 9.47. The van der Waals surface area contributed by atoms with Crippen LogP contribution in [0, 0.1) is 5.92 Å². The van der Waals surface area contributed by atoms with E-state index in [0.717, 1.165) is 18.6 Å². The molecule has 5 heteroatoms. The first-order valence-electron chi connectivity index (χ1n) is 8.43. The predicted octanol–water partition coefficient (Wildman–Crippen LogP) is 2.09. The van der Waals surface area contributed by atoms with Crippen LogP contribution in [0.5, 0.6) is 5.75 Å². The zero-order chi connectivity index (χ0) is 16.2. The Morgan fingerprint density at radius 2 is 1.96 bits per heavy atom. The van der Waals surface area contributed by atoms with Gasteiger partial charge in [0.15, 0.2) is 0 Å². The van der Waals surface area contributed by atoms with Gasteiger partial charge in [0.2, 0.25) is 5.91 Å². The molecule has 1 aromatic rings. The third-order valence-electron chi connectivity index (χ3n) is 5.66. The Labute approximate surface area is 139 Å². The van der Waals surface area contributed by atoms with E-state index < -0.39 is 10.8 Å². The molecule has 4 atom stereocenters. The number of ether oxygens (including phenoxy) is 1. The van der Waals surface area contributed by atoms with Crippen molar-refractivity contribution < 1.29 is 13.7 Å². The maximum absolute atomic E-state index is 13.0. The second kappa shape index (κ2) is 5.33. The molecule has 1 aromatic carbocycles. The summed E-state index contributed by atoms with van der Waals surface area (Å²) in [6, 6.07) is 8.13. The number of hydrogen-bond donors (Lipinski definition) is 0. The molecule has 0 N–H and O–H groups in total. The van der Waals surface area contributed by atoms with Gasteiger partial charge in [-0.25, -0.2) is 0 Å². The molecule has 1 saturated heterocycles. The van der Waals surface area contributed by atoms with Crippen LogP contribution in [0.15, 0.2) is 24.3 Å². The summed E-state index contributed by atoms with van der Waals surface area (Å²) < 4.78 is 17.8. The predicted molar refractivity (Wildman–Crippen MR) is 90.0 cm³/mol. The molecule has 0 bridgehead atoms. The van der Waals surface area contributed by atoms with Crippen molar-refractivity contribution in [3.63, 3.8) is 0 Å². The van der Waals surface area contributed by atoms with E-state index in [1.165, 1.54) is 5.56 Å². The Balaban J connectivity index is 1.56. The van der Waals surface area contributed by atoms with Crippen molar-refractivity contribution in [3.8, 4) is 5.75 Å². The molecule has 0 unspecified atom stereocenters. The Morgan fingerprint density at radius 3 is 2.70 bits per heavy atom. The molecular weight excluding hydrogens is 310 g/mol. The summed E-state index contributed by atoms with van der Waals surface area (Å²) in [6.07, 6.45) is 1.85. The van der Waals surface area contributed by atoms with Gasteiger partial charge in [0.1, 0.15) is 5.75 Å². The van der Waals surface area contributed by atoms with Gasteiger partial charge in [0, 0.05) is 51.3 Å². The topological polar surface area (TPSA) is 46.6 Å². The molecule has 1 aliphatic carbocycles. The van der Waals surface area contributed by atoms with E-state index in [2.05, 4.69) is 6.07 Å². The molecule has 124 valence electrons. The lowest BCUT2D eigenvalue weighted by molar-refractivity contribution is -0.133. The summed E-state index contributed by atoms with van der Waals surface area (Å²) in [4.78, 5) is 15.0. The van der Waals surface area contributed by atoms with Crippen molar-refractivity contribution in [2.75, 3.05) is 19.7 Å². The number of carbonyl (C=O) groups excluding carboxylic acids is 1. The van der Waals surface area contributed by atoms with Crippen LogP contribution in [-0.2, 0) is 21.0 Å². The molecule has 4 rings (SSSR count). The summed E-state index contributed by atoms with van der Waals surface area (Å²) in [7, 11) is -0.823. The molecule has 1 amide bonds. The number of fused-ring (bicyclic) bond motifs is 2. The van der Waals surface area contributed by atoms with Crippen molar-refractivity contribution in [2.45, 2.75) is 42.6 Å². The minimum Gasteiger partial charge on any atom is -0.493 e. The molecule has 1 saturated carbocycles. The lowest BCUT2D eigenvalue weighted by atomic mass is 9.87. The van der Waals surface area contributed by atoms with Crippen molar-refractivity contribution in [2.24, 2.45) is 5.92 Å². The number of carbonyl (C=O) groups is 1. The number of amides is 1. The maximum atomic E-state index is 13.0. The van der Waals surface area contributed by atoms with Gasteiger partial charge >= 0.3 is 0 Å². The minimum atomic E-state index is -0.823. The van der Waals surface area contributed by atoms with Crippen molar-refractivity contribution in [1.82, 2.24) is 4.90 Å². The number of rotatable bonds is 1. The van der Waals surface area contributed by atoms with Crippen LogP contribution in [0.2, 0.25) is 0 Å². The van der Waals surface area contributed by atoms with Gasteiger partial charge in [-0.15, -0.1) is 0 Å². The summed E-state index contributed by atoms with van der Waals surface area (Å²) >= 11 is 0. The third kappa shape index (κ3) is 2.32. The summed E-state index contributed by atoms with van der Waals surface area (Å²) in [5.41, 5.74) is 1.18. The summed E-state index contributed by atoms with van der Waals surface area (Å²) in [5, 5.41) is 0.138. The first-order valence-corrected chi connectivity index (χ1v) is 9.71. The summed E-state index contributed by atoms with van der Waals surface area (Å²) in [5.74, 6) is 1.26. The van der Waals surface area contributed by atoms with Gasteiger partial charge in [-0.1, -0.05) is 18.2 Å². The highest BCUT2D eigenvalue weighted by Gasteiger charge is 2.62. The zero-order valence-corrected chi connectivity index (χ0v) is 14.5. The summed E-state index contributed by atoms with van der Waals surface area (Å²) in [6.45, 7) is 5.91. The number of benzene rings is 1. The average Bonchev–Trinajstić information content (AvgIpc) is 3.26. The van der Waals surface area contributed by atoms with Crippen LogP contribution in [0.25, 0.3) is 0 Å². The van der Waals surface area contributed by atoms with Crippen LogP contribution >= 0.6 is 0 Å². The molecule has 0 radical (unpaired) electrons. The largest absolute Gasteiger partial charge is 0.493 e. The highest BCUT2D eigenvalue weighted by Crippen LogP contribution is 2.61. The number of hydrogen-bond acceptors (Lipinski definition) is 3. The highest BCUT2D eigenvalue weighted by molar-refractivity contribution is 7.86. The van der Waals surface area contributed by atoms with Gasteiger partial charge in [0.05, 0.1) is 6.61 Å². The lowest BCUT2D eigenvalue weighted by Crippen LogP contribution is -2.50. The van der Waals surface area contributed by atoms with Gasteiger partial charge in [-0.3, -0.25) is 9.00 Å². The molecule has 0 aromatic heterocycles. The second-order valence-electron chi connectivity index (χ2n) is 7.20. The maximum Gasteiger partial charge on any atom is 0.226 e. The molecule has 2 aliphatic heterocycles. The minimum absolute atomic E-state index is 0.0188. The quantitative estimate of drug-likeness (QED) is 0.791. The number of nitrogens with zero attached hydrogens (tertiary/aromatic N) is 1. The van der Waals surface area contributed by atoms with Gasteiger partial charge in [0.25, 0.3) is 0 Å². The monoisotopic (exact) mass is 333 g/mol. The first-order chi connectivity index (χ1) is 11.0. The van der Waals surface area contributed by atoms with Crippen molar-refractivity contribution in [1.29, 1.82) is 0 Å². The lowest BCUT2D eigenvalue weighted by Gasteiger charge is -2.35.